The highest BCUT2D eigenvalue weighted by Crippen LogP contribution is 2.29. The van der Waals surface area contributed by atoms with Crippen LogP contribution in [-0.4, -0.2) is 36.0 Å². The van der Waals surface area contributed by atoms with Crippen molar-refractivity contribution in [3.05, 3.63) is 33.8 Å². The Morgan fingerprint density at radius 1 is 1.39 bits per heavy atom. The molecule has 0 aliphatic carbocycles. The summed E-state index contributed by atoms with van der Waals surface area (Å²) in [4.78, 5) is 2.54. The van der Waals surface area contributed by atoms with Gasteiger partial charge in [-0.05, 0) is 42.8 Å². The fraction of sp³-hybridized carbons (Fsp3) is 0.571. The van der Waals surface area contributed by atoms with Gasteiger partial charge in [0.25, 0.3) is 0 Å². The quantitative estimate of drug-likeness (QED) is 0.923. The van der Waals surface area contributed by atoms with E-state index in [1.54, 1.807) is 0 Å². The van der Waals surface area contributed by atoms with Gasteiger partial charge in [-0.3, -0.25) is 4.90 Å². The van der Waals surface area contributed by atoms with Gasteiger partial charge in [0.2, 0.25) is 0 Å². The van der Waals surface area contributed by atoms with Crippen LogP contribution in [0.3, 0.4) is 0 Å². The molecule has 0 aromatic heterocycles. The average Bonchev–Trinajstić information content (AvgIpc) is 2.62. The maximum atomic E-state index is 6.02. The zero-order valence-electron chi connectivity index (χ0n) is 10.9. The van der Waals surface area contributed by atoms with Crippen molar-refractivity contribution in [3.63, 3.8) is 0 Å². The number of aryl methyl sites for hydroxylation is 1. The van der Waals surface area contributed by atoms with E-state index >= 15 is 0 Å². The second kappa shape index (κ2) is 6.94. The van der Waals surface area contributed by atoms with Crippen molar-refractivity contribution in [3.8, 4) is 0 Å². The van der Waals surface area contributed by atoms with Gasteiger partial charge < -0.3 is 5.73 Å². The third kappa shape index (κ3) is 3.50. The molecule has 0 amide bonds. The van der Waals surface area contributed by atoms with Crippen LogP contribution < -0.4 is 5.73 Å². The highest BCUT2D eigenvalue weighted by molar-refractivity contribution is 9.10. The molecular formula is C14H21BrN2S. The number of halogens is 1. The van der Waals surface area contributed by atoms with Crippen LogP contribution in [0.4, 0.5) is 0 Å². The molecule has 0 radical (unpaired) electrons. The SMILES string of the molecule is Cc1ccc(C(CN)N2CCCSCC2)c(Br)c1. The lowest BCUT2D eigenvalue weighted by molar-refractivity contribution is 0.217. The summed E-state index contributed by atoms with van der Waals surface area (Å²) in [6.07, 6.45) is 1.27. The van der Waals surface area contributed by atoms with Crippen LogP contribution in [0.15, 0.2) is 22.7 Å². The van der Waals surface area contributed by atoms with Crippen molar-refractivity contribution in [2.45, 2.75) is 19.4 Å². The van der Waals surface area contributed by atoms with Crippen LogP contribution in [0.5, 0.6) is 0 Å². The van der Waals surface area contributed by atoms with Crippen molar-refractivity contribution in [2.75, 3.05) is 31.1 Å². The Labute approximate surface area is 122 Å². The molecule has 0 spiro atoms. The van der Waals surface area contributed by atoms with Crippen molar-refractivity contribution in [2.24, 2.45) is 5.73 Å². The second-order valence-electron chi connectivity index (χ2n) is 4.78. The number of thioether (sulfide) groups is 1. The molecule has 0 saturated carbocycles. The van der Waals surface area contributed by atoms with Crippen LogP contribution in [0.2, 0.25) is 0 Å². The minimum atomic E-state index is 0.346. The van der Waals surface area contributed by atoms with E-state index in [4.69, 9.17) is 5.73 Å². The molecule has 1 saturated heterocycles. The first-order valence-corrected chi connectivity index (χ1v) is 8.45. The summed E-state index contributed by atoms with van der Waals surface area (Å²) >= 11 is 5.74. The summed E-state index contributed by atoms with van der Waals surface area (Å²) in [5, 5.41) is 0. The topological polar surface area (TPSA) is 29.3 Å². The predicted molar refractivity (Wildman–Crippen MR) is 84.2 cm³/mol. The molecule has 1 fully saturated rings. The van der Waals surface area contributed by atoms with Gasteiger partial charge in [0, 0.05) is 29.4 Å². The van der Waals surface area contributed by atoms with Crippen LogP contribution >= 0.6 is 27.7 Å². The van der Waals surface area contributed by atoms with Crippen LogP contribution in [0.25, 0.3) is 0 Å². The molecule has 2 N–H and O–H groups in total. The molecule has 100 valence electrons. The molecule has 1 aliphatic heterocycles. The minimum Gasteiger partial charge on any atom is -0.329 e. The van der Waals surface area contributed by atoms with Gasteiger partial charge in [-0.15, -0.1) is 0 Å². The summed E-state index contributed by atoms with van der Waals surface area (Å²) in [6.45, 7) is 5.11. The average molecular weight is 329 g/mol. The van der Waals surface area contributed by atoms with Crippen LogP contribution in [-0.2, 0) is 0 Å². The van der Waals surface area contributed by atoms with Crippen molar-refractivity contribution < 1.29 is 0 Å². The van der Waals surface area contributed by atoms with Gasteiger partial charge in [-0.1, -0.05) is 28.1 Å². The number of hydrogen-bond acceptors (Lipinski definition) is 3. The van der Waals surface area contributed by atoms with E-state index in [-0.39, 0.29) is 0 Å². The van der Waals surface area contributed by atoms with Crippen molar-refractivity contribution in [1.82, 2.24) is 4.90 Å². The molecule has 1 unspecified atom stereocenters. The van der Waals surface area contributed by atoms with E-state index in [0.29, 0.717) is 12.6 Å². The Morgan fingerprint density at radius 2 is 2.22 bits per heavy atom. The minimum absolute atomic E-state index is 0.346. The molecule has 2 nitrogen and oxygen atoms in total. The molecule has 4 heteroatoms. The molecule has 2 rings (SSSR count). The molecular weight excluding hydrogens is 308 g/mol. The number of nitrogens with two attached hydrogens (primary N) is 1. The van der Waals surface area contributed by atoms with Crippen molar-refractivity contribution in [1.29, 1.82) is 0 Å². The smallest absolute Gasteiger partial charge is 0.0481 e. The fourth-order valence-corrected chi connectivity index (χ4v) is 4.11. The Morgan fingerprint density at radius 3 is 2.94 bits per heavy atom. The predicted octanol–water partition coefficient (Wildman–Crippen LogP) is 3.20. The van der Waals surface area contributed by atoms with Gasteiger partial charge in [0.15, 0.2) is 0 Å². The highest BCUT2D eigenvalue weighted by Gasteiger charge is 2.21. The number of nitrogens with zero attached hydrogens (tertiary/aromatic N) is 1. The Kier molecular flexibility index (Phi) is 5.55. The lowest BCUT2D eigenvalue weighted by Gasteiger charge is -2.30. The maximum absolute atomic E-state index is 6.02. The second-order valence-corrected chi connectivity index (χ2v) is 6.86. The molecule has 1 heterocycles. The molecule has 1 aliphatic rings. The van der Waals surface area contributed by atoms with Gasteiger partial charge >= 0.3 is 0 Å². The summed E-state index contributed by atoms with van der Waals surface area (Å²) in [5.74, 6) is 2.50. The van der Waals surface area contributed by atoms with Gasteiger partial charge in [-0.25, -0.2) is 0 Å². The molecule has 1 aromatic rings. The van der Waals surface area contributed by atoms with E-state index in [1.165, 1.54) is 33.5 Å². The van der Waals surface area contributed by atoms with E-state index in [0.717, 1.165) is 13.1 Å². The molecule has 0 bridgehead atoms. The van der Waals surface area contributed by atoms with E-state index in [9.17, 15) is 0 Å². The Hall–Kier alpha value is -0.0300. The number of hydrogen-bond donors (Lipinski definition) is 1. The normalized spacial score (nSPS) is 19.5. The summed E-state index contributed by atoms with van der Waals surface area (Å²) in [7, 11) is 0. The van der Waals surface area contributed by atoms with Crippen molar-refractivity contribution >= 4 is 27.7 Å². The lowest BCUT2D eigenvalue weighted by Crippen LogP contribution is -2.35. The lowest BCUT2D eigenvalue weighted by atomic mass is 10.0. The monoisotopic (exact) mass is 328 g/mol. The van der Waals surface area contributed by atoms with Gasteiger partial charge in [0.05, 0.1) is 0 Å². The van der Waals surface area contributed by atoms with Gasteiger partial charge in [-0.2, -0.15) is 11.8 Å². The Bertz CT molecular complexity index is 389. The third-order valence-corrected chi connectivity index (χ3v) is 5.17. The molecule has 1 aromatic carbocycles. The first-order valence-electron chi connectivity index (χ1n) is 6.50. The van der Waals surface area contributed by atoms with Gasteiger partial charge in [0.1, 0.15) is 0 Å². The summed E-state index contributed by atoms with van der Waals surface area (Å²) in [5.41, 5.74) is 8.64. The van der Waals surface area contributed by atoms with Crippen LogP contribution in [0, 0.1) is 6.92 Å². The number of benzene rings is 1. The molecule has 18 heavy (non-hydrogen) atoms. The zero-order chi connectivity index (χ0) is 13.0. The van der Waals surface area contributed by atoms with E-state index < -0.39 is 0 Å². The number of rotatable bonds is 3. The summed E-state index contributed by atoms with van der Waals surface area (Å²) < 4.78 is 1.19. The third-order valence-electron chi connectivity index (χ3n) is 3.44. The van der Waals surface area contributed by atoms with E-state index in [2.05, 4.69) is 57.7 Å². The first-order chi connectivity index (χ1) is 8.72. The van der Waals surface area contributed by atoms with Crippen LogP contribution in [0.1, 0.15) is 23.6 Å². The van der Waals surface area contributed by atoms with E-state index in [1.807, 2.05) is 0 Å². The maximum Gasteiger partial charge on any atom is 0.0481 e. The fourth-order valence-electron chi connectivity index (χ4n) is 2.45. The standard InChI is InChI=1S/C14H21BrN2S/c1-11-3-4-12(13(15)9-11)14(10-16)17-5-2-7-18-8-6-17/h3-4,9,14H,2,5-8,10,16H2,1H3. The largest absolute Gasteiger partial charge is 0.329 e. The highest BCUT2D eigenvalue weighted by atomic mass is 79.9. The Balaban J connectivity index is 2.20. The summed E-state index contributed by atoms with van der Waals surface area (Å²) in [6, 6.07) is 6.92. The zero-order valence-corrected chi connectivity index (χ0v) is 13.3. The first kappa shape index (κ1) is 14.4. The molecule has 1 atom stereocenters.